The third-order valence-electron chi connectivity index (χ3n) is 1.99. The van der Waals surface area contributed by atoms with Gasteiger partial charge in [-0.05, 0) is 24.6 Å². The number of rotatable bonds is 2. The molecule has 78 valence electrons. The van der Waals surface area contributed by atoms with Gasteiger partial charge in [-0.3, -0.25) is 0 Å². The largest absolute Gasteiger partial charge is 0.317 e. The molecule has 0 spiro atoms. The summed E-state index contributed by atoms with van der Waals surface area (Å²) in [4.78, 5) is 0. The summed E-state index contributed by atoms with van der Waals surface area (Å²) in [6, 6.07) is 2.50. The van der Waals surface area contributed by atoms with Crippen molar-refractivity contribution >= 4 is 0 Å². The van der Waals surface area contributed by atoms with Crippen LogP contribution in [0.4, 0.5) is 17.6 Å². The SMILES string of the molecule is CC(N)(c1ccc(F)c(F)c1)C(F)F. The van der Waals surface area contributed by atoms with Crippen LogP contribution < -0.4 is 5.73 Å². The number of hydrogen-bond donors (Lipinski definition) is 1. The average molecular weight is 207 g/mol. The van der Waals surface area contributed by atoms with E-state index in [1.165, 1.54) is 0 Å². The molecule has 0 aliphatic heterocycles. The summed E-state index contributed by atoms with van der Waals surface area (Å²) in [5, 5.41) is 0. The van der Waals surface area contributed by atoms with Crippen LogP contribution in [0.2, 0.25) is 0 Å². The van der Waals surface area contributed by atoms with E-state index in [2.05, 4.69) is 0 Å². The zero-order chi connectivity index (χ0) is 10.9. The highest BCUT2D eigenvalue weighted by molar-refractivity contribution is 5.25. The summed E-state index contributed by atoms with van der Waals surface area (Å²) in [7, 11) is 0. The van der Waals surface area contributed by atoms with Crippen molar-refractivity contribution in [1.82, 2.24) is 0 Å². The maximum Gasteiger partial charge on any atom is 0.260 e. The molecule has 0 bridgehead atoms. The van der Waals surface area contributed by atoms with Crippen molar-refractivity contribution in [2.75, 3.05) is 0 Å². The first kappa shape index (κ1) is 11.0. The lowest BCUT2D eigenvalue weighted by Gasteiger charge is -2.23. The minimum Gasteiger partial charge on any atom is -0.317 e. The number of nitrogens with two attached hydrogens (primary N) is 1. The van der Waals surface area contributed by atoms with Crippen molar-refractivity contribution in [3.05, 3.63) is 35.4 Å². The summed E-state index contributed by atoms with van der Waals surface area (Å²) in [5.74, 6) is -2.27. The first-order valence-electron chi connectivity index (χ1n) is 3.88. The van der Waals surface area contributed by atoms with Crippen LogP contribution in [0.25, 0.3) is 0 Å². The fourth-order valence-electron chi connectivity index (χ4n) is 0.957. The minimum atomic E-state index is -2.84. The van der Waals surface area contributed by atoms with Gasteiger partial charge in [0.15, 0.2) is 11.6 Å². The van der Waals surface area contributed by atoms with Gasteiger partial charge in [0, 0.05) is 0 Å². The summed E-state index contributed by atoms with van der Waals surface area (Å²) >= 11 is 0. The molecule has 1 nitrogen and oxygen atoms in total. The van der Waals surface area contributed by atoms with Crippen molar-refractivity contribution in [2.24, 2.45) is 5.73 Å². The van der Waals surface area contributed by atoms with Crippen LogP contribution in [-0.2, 0) is 5.54 Å². The Hall–Kier alpha value is -1.10. The molecule has 0 fully saturated rings. The van der Waals surface area contributed by atoms with Crippen LogP contribution in [-0.4, -0.2) is 6.43 Å². The molecule has 0 radical (unpaired) electrons. The Morgan fingerprint density at radius 3 is 2.21 bits per heavy atom. The molecule has 1 rings (SSSR count). The molecule has 1 aromatic rings. The van der Waals surface area contributed by atoms with E-state index in [0.717, 1.165) is 19.1 Å². The molecule has 1 atom stereocenters. The van der Waals surface area contributed by atoms with Crippen LogP contribution in [0.5, 0.6) is 0 Å². The maximum atomic E-state index is 12.7. The Kier molecular flexibility index (Phi) is 2.80. The molecule has 0 saturated heterocycles. The van der Waals surface area contributed by atoms with Crippen LogP contribution in [0.1, 0.15) is 12.5 Å². The molecule has 0 heterocycles. The van der Waals surface area contributed by atoms with Gasteiger partial charge >= 0.3 is 0 Å². The molecule has 1 unspecified atom stereocenters. The first-order valence-corrected chi connectivity index (χ1v) is 3.88. The Labute approximate surface area is 78.5 Å². The molecule has 0 aliphatic rings. The second-order valence-electron chi connectivity index (χ2n) is 3.21. The van der Waals surface area contributed by atoms with E-state index >= 15 is 0 Å². The fraction of sp³-hybridized carbons (Fsp3) is 0.333. The summed E-state index contributed by atoms with van der Waals surface area (Å²) in [5.41, 5.74) is 3.16. The van der Waals surface area contributed by atoms with E-state index in [1.54, 1.807) is 0 Å². The van der Waals surface area contributed by atoms with Crippen LogP contribution >= 0.6 is 0 Å². The van der Waals surface area contributed by atoms with Gasteiger partial charge < -0.3 is 5.73 Å². The van der Waals surface area contributed by atoms with E-state index in [0.29, 0.717) is 6.07 Å². The van der Waals surface area contributed by atoms with Crippen molar-refractivity contribution in [2.45, 2.75) is 18.9 Å². The molecular weight excluding hydrogens is 198 g/mol. The van der Waals surface area contributed by atoms with E-state index in [9.17, 15) is 17.6 Å². The molecule has 0 aliphatic carbocycles. The van der Waals surface area contributed by atoms with Crippen molar-refractivity contribution in [3.63, 3.8) is 0 Å². The first-order chi connectivity index (χ1) is 6.35. The van der Waals surface area contributed by atoms with Gasteiger partial charge in [0.05, 0.1) is 5.54 Å². The maximum absolute atomic E-state index is 12.7. The van der Waals surface area contributed by atoms with Gasteiger partial charge in [0.2, 0.25) is 0 Å². The molecule has 5 heteroatoms. The van der Waals surface area contributed by atoms with E-state index in [1.807, 2.05) is 0 Å². The van der Waals surface area contributed by atoms with Crippen LogP contribution in [0.3, 0.4) is 0 Å². The summed E-state index contributed by atoms with van der Waals surface area (Å²) in [6.45, 7) is 1.06. The third-order valence-corrected chi connectivity index (χ3v) is 1.99. The van der Waals surface area contributed by atoms with E-state index < -0.39 is 23.6 Å². The number of benzene rings is 1. The highest BCUT2D eigenvalue weighted by atomic mass is 19.3. The Bertz CT molecular complexity index is 336. The lowest BCUT2D eigenvalue weighted by atomic mass is 9.94. The standard InChI is InChI=1S/C9H9F4N/c1-9(14,8(12)13)5-2-3-6(10)7(11)4-5/h2-4,8H,14H2,1H3. The normalized spacial score (nSPS) is 15.6. The molecule has 14 heavy (non-hydrogen) atoms. The Balaban J connectivity index is 3.14. The lowest BCUT2D eigenvalue weighted by Crippen LogP contribution is -2.40. The second-order valence-corrected chi connectivity index (χ2v) is 3.21. The number of hydrogen-bond acceptors (Lipinski definition) is 1. The third kappa shape index (κ3) is 1.87. The monoisotopic (exact) mass is 207 g/mol. The molecule has 0 aromatic heterocycles. The van der Waals surface area contributed by atoms with E-state index in [-0.39, 0.29) is 5.56 Å². The smallest absolute Gasteiger partial charge is 0.260 e. The zero-order valence-corrected chi connectivity index (χ0v) is 7.40. The highest BCUT2D eigenvalue weighted by Crippen LogP contribution is 2.26. The number of alkyl halides is 2. The van der Waals surface area contributed by atoms with Crippen molar-refractivity contribution < 1.29 is 17.6 Å². The van der Waals surface area contributed by atoms with Crippen LogP contribution in [0.15, 0.2) is 18.2 Å². The van der Waals surface area contributed by atoms with Crippen molar-refractivity contribution in [1.29, 1.82) is 0 Å². The predicted octanol–water partition coefficient (Wildman–Crippen LogP) is 2.40. The summed E-state index contributed by atoms with van der Waals surface area (Å²) < 4.78 is 50.0. The van der Waals surface area contributed by atoms with Crippen molar-refractivity contribution in [3.8, 4) is 0 Å². The zero-order valence-electron chi connectivity index (χ0n) is 7.40. The molecule has 0 saturated carbocycles. The van der Waals surface area contributed by atoms with E-state index in [4.69, 9.17) is 5.73 Å². The second kappa shape index (κ2) is 3.57. The predicted molar refractivity (Wildman–Crippen MR) is 43.9 cm³/mol. The van der Waals surface area contributed by atoms with Gasteiger partial charge in [-0.15, -0.1) is 0 Å². The van der Waals surface area contributed by atoms with Crippen LogP contribution in [0, 0.1) is 11.6 Å². The van der Waals surface area contributed by atoms with Gasteiger partial charge in [-0.1, -0.05) is 6.07 Å². The highest BCUT2D eigenvalue weighted by Gasteiger charge is 2.32. The molecule has 1 aromatic carbocycles. The minimum absolute atomic E-state index is 0.133. The fourth-order valence-corrected chi connectivity index (χ4v) is 0.957. The Morgan fingerprint density at radius 1 is 1.21 bits per heavy atom. The van der Waals surface area contributed by atoms with Gasteiger partial charge in [0.25, 0.3) is 6.43 Å². The van der Waals surface area contributed by atoms with Gasteiger partial charge in [0.1, 0.15) is 0 Å². The Morgan fingerprint density at radius 2 is 1.79 bits per heavy atom. The number of halogens is 4. The molecule has 0 amide bonds. The van der Waals surface area contributed by atoms with Gasteiger partial charge in [-0.25, -0.2) is 17.6 Å². The quantitative estimate of drug-likeness (QED) is 0.740. The van der Waals surface area contributed by atoms with Gasteiger partial charge in [-0.2, -0.15) is 0 Å². The summed E-state index contributed by atoms with van der Waals surface area (Å²) in [6.07, 6.45) is -2.84. The molecular formula is C9H9F4N. The average Bonchev–Trinajstić information content (AvgIpc) is 2.09. The molecule has 2 N–H and O–H groups in total. The topological polar surface area (TPSA) is 26.0 Å². The lowest BCUT2D eigenvalue weighted by molar-refractivity contribution is 0.0623.